The monoisotopic (exact) mass is 455 g/mol. The number of nitrogens with zero attached hydrogens (tertiary/aromatic N) is 3. The summed E-state index contributed by atoms with van der Waals surface area (Å²) in [6.07, 6.45) is 4.21. The molecule has 2 atom stereocenters. The van der Waals surface area contributed by atoms with Gasteiger partial charge in [-0.25, -0.2) is 8.42 Å². The molecule has 0 spiro atoms. The Morgan fingerprint density at radius 3 is 2.94 bits per heavy atom. The van der Waals surface area contributed by atoms with E-state index in [9.17, 15) is 23.6 Å². The van der Waals surface area contributed by atoms with Gasteiger partial charge in [-0.05, 0) is 49.6 Å². The van der Waals surface area contributed by atoms with E-state index in [0.717, 1.165) is 0 Å². The summed E-state index contributed by atoms with van der Waals surface area (Å²) in [7, 11) is -4.01. The van der Waals surface area contributed by atoms with Crippen LogP contribution in [0, 0.1) is 11.3 Å². The third-order valence-electron chi connectivity index (χ3n) is 5.75. The number of nitriles is 1. The van der Waals surface area contributed by atoms with Crippen molar-refractivity contribution in [3.05, 3.63) is 54.5 Å². The van der Waals surface area contributed by atoms with Crippen molar-refractivity contribution in [1.82, 2.24) is 19.2 Å². The van der Waals surface area contributed by atoms with E-state index in [-0.39, 0.29) is 23.8 Å². The van der Waals surface area contributed by atoms with Crippen LogP contribution in [0.15, 0.2) is 53.7 Å². The highest BCUT2D eigenvalue weighted by molar-refractivity contribution is 7.89. The van der Waals surface area contributed by atoms with Crippen molar-refractivity contribution in [2.75, 3.05) is 13.1 Å². The predicted octanol–water partition coefficient (Wildman–Crippen LogP) is 1.56. The Kier molecular flexibility index (Phi) is 6.32. The number of aromatic nitrogens is 2. The zero-order valence-electron chi connectivity index (χ0n) is 17.4. The molecule has 3 heterocycles. The molecule has 0 bridgehead atoms. The Labute approximate surface area is 186 Å². The average molecular weight is 456 g/mol. The number of aromatic amines is 1. The molecule has 4 rings (SSSR count). The van der Waals surface area contributed by atoms with E-state index in [4.69, 9.17) is 0 Å². The lowest BCUT2D eigenvalue weighted by Crippen LogP contribution is -2.52. The summed E-state index contributed by atoms with van der Waals surface area (Å²) in [5.41, 5.74) is 1.12. The van der Waals surface area contributed by atoms with Crippen LogP contribution in [0.5, 0.6) is 0 Å². The fourth-order valence-electron chi connectivity index (χ4n) is 4.13. The molecule has 3 N–H and O–H groups in total. The Balaban J connectivity index is 1.61. The molecule has 1 aliphatic rings. The molecule has 1 aromatic carbocycles. The molecule has 32 heavy (non-hydrogen) atoms. The number of β-amino-alcohol motifs (C(OH)–C–C–N with tert-alkyl or cyclic N) is 1. The van der Waals surface area contributed by atoms with Crippen LogP contribution in [-0.4, -0.2) is 59.1 Å². The number of likely N-dealkylation sites (tertiary alicyclic amines) is 1. The van der Waals surface area contributed by atoms with Crippen LogP contribution >= 0.6 is 0 Å². The minimum atomic E-state index is -4.01. The summed E-state index contributed by atoms with van der Waals surface area (Å²) in [5.74, 6) is -0.376. The lowest BCUT2D eigenvalue weighted by molar-refractivity contribution is -0.136. The SMILES string of the molecule is N#Cc1cccn1CCC(NS(=O)(=O)c1cccc2[nH]ccc12)C(=O)N1CCCC(O)C1. The van der Waals surface area contributed by atoms with Crippen LogP contribution < -0.4 is 4.72 Å². The van der Waals surface area contributed by atoms with Gasteiger partial charge in [0.2, 0.25) is 15.9 Å². The molecule has 2 unspecified atom stereocenters. The van der Waals surface area contributed by atoms with Crippen LogP contribution in [0.3, 0.4) is 0 Å². The summed E-state index contributed by atoms with van der Waals surface area (Å²) in [6, 6.07) is 11.0. The van der Waals surface area contributed by atoms with Crippen LogP contribution in [0.25, 0.3) is 10.9 Å². The van der Waals surface area contributed by atoms with E-state index >= 15 is 0 Å². The zero-order chi connectivity index (χ0) is 22.7. The number of rotatable bonds is 7. The first-order valence-electron chi connectivity index (χ1n) is 10.5. The van der Waals surface area contributed by atoms with Crippen molar-refractivity contribution in [1.29, 1.82) is 5.26 Å². The van der Waals surface area contributed by atoms with E-state index in [0.29, 0.717) is 42.5 Å². The molecule has 1 aliphatic heterocycles. The zero-order valence-corrected chi connectivity index (χ0v) is 18.3. The molecular weight excluding hydrogens is 430 g/mol. The second-order valence-corrected chi connectivity index (χ2v) is 9.62. The van der Waals surface area contributed by atoms with E-state index in [1.165, 1.54) is 11.0 Å². The summed E-state index contributed by atoms with van der Waals surface area (Å²) in [5, 5.41) is 19.8. The number of sulfonamides is 1. The number of aliphatic hydroxyl groups is 1. The molecular formula is C22H25N5O4S. The number of H-pyrrole nitrogens is 1. The van der Waals surface area contributed by atoms with Crippen LogP contribution in [0.2, 0.25) is 0 Å². The molecule has 9 nitrogen and oxygen atoms in total. The number of hydrogen-bond acceptors (Lipinski definition) is 5. The second-order valence-electron chi connectivity index (χ2n) is 7.94. The van der Waals surface area contributed by atoms with Gasteiger partial charge >= 0.3 is 0 Å². The van der Waals surface area contributed by atoms with Gasteiger partial charge in [0, 0.05) is 42.9 Å². The van der Waals surface area contributed by atoms with Crippen molar-refractivity contribution in [2.45, 2.75) is 42.8 Å². The fourth-order valence-corrected chi connectivity index (χ4v) is 5.57. The summed E-state index contributed by atoms with van der Waals surface area (Å²) in [6.45, 7) is 0.936. The number of benzene rings is 1. The van der Waals surface area contributed by atoms with Crippen LogP contribution in [0.4, 0.5) is 0 Å². The number of amides is 1. The van der Waals surface area contributed by atoms with E-state index in [1.54, 1.807) is 47.3 Å². The maximum Gasteiger partial charge on any atom is 0.241 e. The quantitative estimate of drug-likeness (QED) is 0.498. The molecule has 1 fully saturated rings. The highest BCUT2D eigenvalue weighted by atomic mass is 32.2. The van der Waals surface area contributed by atoms with Gasteiger partial charge in [0.25, 0.3) is 0 Å². The first-order valence-corrected chi connectivity index (χ1v) is 12.0. The summed E-state index contributed by atoms with van der Waals surface area (Å²) in [4.78, 5) is 17.9. The highest BCUT2D eigenvalue weighted by Crippen LogP contribution is 2.23. The maximum absolute atomic E-state index is 13.3. The first-order chi connectivity index (χ1) is 15.4. The minimum Gasteiger partial charge on any atom is -0.391 e. The van der Waals surface area contributed by atoms with E-state index < -0.39 is 22.2 Å². The molecule has 0 radical (unpaired) electrons. The Hall–Kier alpha value is -3.13. The number of fused-ring (bicyclic) bond motifs is 1. The van der Waals surface area contributed by atoms with Gasteiger partial charge in [-0.2, -0.15) is 9.98 Å². The number of aryl methyl sites for hydroxylation is 1. The molecule has 1 amide bonds. The van der Waals surface area contributed by atoms with Crippen molar-refractivity contribution in [3.63, 3.8) is 0 Å². The molecule has 2 aromatic heterocycles. The number of carbonyl (C=O) groups is 1. The van der Waals surface area contributed by atoms with Crippen molar-refractivity contribution < 1.29 is 18.3 Å². The van der Waals surface area contributed by atoms with Crippen molar-refractivity contribution >= 4 is 26.8 Å². The van der Waals surface area contributed by atoms with Gasteiger partial charge in [-0.1, -0.05) is 6.07 Å². The van der Waals surface area contributed by atoms with E-state index in [2.05, 4.69) is 15.8 Å². The van der Waals surface area contributed by atoms with E-state index in [1.807, 2.05) is 0 Å². The van der Waals surface area contributed by atoms with Gasteiger partial charge in [0.05, 0.1) is 11.0 Å². The predicted molar refractivity (Wildman–Crippen MR) is 118 cm³/mol. The molecule has 0 aliphatic carbocycles. The average Bonchev–Trinajstić information content (AvgIpc) is 3.44. The third kappa shape index (κ3) is 4.55. The molecule has 0 saturated carbocycles. The minimum absolute atomic E-state index is 0.0893. The van der Waals surface area contributed by atoms with Crippen LogP contribution in [-0.2, 0) is 21.4 Å². The Morgan fingerprint density at radius 1 is 1.31 bits per heavy atom. The number of nitrogens with one attached hydrogen (secondary N) is 2. The number of carbonyl (C=O) groups excluding carboxylic acids is 1. The topological polar surface area (TPSA) is 131 Å². The maximum atomic E-state index is 13.3. The second kappa shape index (κ2) is 9.16. The summed E-state index contributed by atoms with van der Waals surface area (Å²) >= 11 is 0. The number of hydrogen-bond donors (Lipinski definition) is 3. The smallest absolute Gasteiger partial charge is 0.241 e. The molecule has 3 aromatic rings. The highest BCUT2D eigenvalue weighted by Gasteiger charge is 2.32. The third-order valence-corrected chi connectivity index (χ3v) is 7.28. The van der Waals surface area contributed by atoms with Gasteiger partial charge in [0.1, 0.15) is 17.8 Å². The summed E-state index contributed by atoms with van der Waals surface area (Å²) < 4.78 is 30.9. The standard InChI is InChI=1S/C22H25N5O4S/c23-14-16-4-2-11-26(16)13-9-20(22(29)27-12-3-5-17(28)15-27)25-32(30,31)21-7-1-6-19-18(21)8-10-24-19/h1-2,4,6-8,10-11,17,20,24-25,28H,3,5,9,12-13,15H2. The number of piperidine rings is 1. The number of aliphatic hydroxyl groups excluding tert-OH is 1. The largest absolute Gasteiger partial charge is 0.391 e. The normalized spacial score (nSPS) is 17.9. The van der Waals surface area contributed by atoms with Gasteiger partial charge in [-0.3, -0.25) is 4.79 Å². The van der Waals surface area contributed by atoms with Gasteiger partial charge < -0.3 is 19.6 Å². The van der Waals surface area contributed by atoms with Crippen LogP contribution in [0.1, 0.15) is 25.0 Å². The lowest BCUT2D eigenvalue weighted by atomic mass is 10.1. The molecule has 1 saturated heterocycles. The molecule has 10 heteroatoms. The first kappa shape index (κ1) is 22.1. The lowest BCUT2D eigenvalue weighted by Gasteiger charge is -2.33. The fraction of sp³-hybridized carbons (Fsp3) is 0.364. The van der Waals surface area contributed by atoms with Crippen molar-refractivity contribution in [3.8, 4) is 6.07 Å². The van der Waals surface area contributed by atoms with Gasteiger partial charge in [-0.15, -0.1) is 0 Å². The molecule has 168 valence electrons. The Bertz CT molecular complexity index is 1260. The van der Waals surface area contributed by atoms with Crippen molar-refractivity contribution in [2.24, 2.45) is 0 Å². The van der Waals surface area contributed by atoms with Gasteiger partial charge in [0.15, 0.2) is 0 Å². The Morgan fingerprint density at radius 2 is 2.16 bits per heavy atom.